The number of benzene rings is 1. The lowest BCUT2D eigenvalue weighted by molar-refractivity contribution is 0.0332. The van der Waals surface area contributed by atoms with Crippen LogP contribution in [0.3, 0.4) is 0 Å². The first-order valence-corrected chi connectivity index (χ1v) is 10.3. The molecule has 0 unspecified atom stereocenters. The van der Waals surface area contributed by atoms with Gasteiger partial charge in [-0.05, 0) is 32.0 Å². The molecule has 1 aromatic carbocycles. The maximum Gasteiger partial charge on any atom is 0.404 e. The summed E-state index contributed by atoms with van der Waals surface area (Å²) in [4.78, 5) is 11.9. The van der Waals surface area contributed by atoms with Crippen molar-refractivity contribution in [3.63, 3.8) is 0 Å². The first kappa shape index (κ1) is 21.6. The molecule has 0 fully saturated rings. The predicted molar refractivity (Wildman–Crippen MR) is 97.0 cm³/mol. The molecule has 0 aliphatic rings. The topological polar surface area (TPSA) is 61.8 Å². The molecular formula is C17H18F3O5PS. The molecule has 0 aliphatic heterocycles. The zero-order valence-electron chi connectivity index (χ0n) is 14.7. The lowest BCUT2D eigenvalue weighted by atomic mass is 10.1. The second-order valence-electron chi connectivity index (χ2n) is 5.21. The molecule has 0 aliphatic carbocycles. The van der Waals surface area contributed by atoms with E-state index in [1.54, 1.807) is 0 Å². The average Bonchev–Trinajstić information content (AvgIpc) is 3.05. The summed E-state index contributed by atoms with van der Waals surface area (Å²) in [6, 6.07) is 3.16. The van der Waals surface area contributed by atoms with Crippen LogP contribution in [0.2, 0.25) is 0 Å². The molecule has 0 spiro atoms. The fraction of sp³-hybridized carbons (Fsp3) is 0.353. The van der Waals surface area contributed by atoms with Gasteiger partial charge in [0.05, 0.1) is 18.8 Å². The first-order valence-electron chi connectivity index (χ1n) is 7.99. The normalized spacial score (nSPS) is 12.3. The zero-order valence-corrected chi connectivity index (χ0v) is 16.4. The third kappa shape index (κ3) is 4.11. The molecule has 1 heterocycles. The number of fused-ring (bicyclic) bond motifs is 1. The summed E-state index contributed by atoms with van der Waals surface area (Å²) >= 11 is 0.892. The Morgan fingerprint density at radius 1 is 1.30 bits per heavy atom. The van der Waals surface area contributed by atoms with Gasteiger partial charge in [-0.2, -0.15) is 8.78 Å². The lowest BCUT2D eigenvalue weighted by Crippen LogP contribution is -2.20. The van der Waals surface area contributed by atoms with Crippen molar-refractivity contribution in [2.24, 2.45) is 0 Å². The molecule has 0 amide bonds. The van der Waals surface area contributed by atoms with Gasteiger partial charge in [-0.3, -0.25) is 4.57 Å². The van der Waals surface area contributed by atoms with Crippen LogP contribution >= 0.6 is 18.9 Å². The van der Waals surface area contributed by atoms with Crippen molar-refractivity contribution in [2.75, 3.05) is 19.8 Å². The van der Waals surface area contributed by atoms with Crippen molar-refractivity contribution in [1.29, 1.82) is 0 Å². The molecule has 10 heteroatoms. The van der Waals surface area contributed by atoms with Gasteiger partial charge in [0.1, 0.15) is 17.3 Å². The molecular weight excluding hydrogens is 404 g/mol. The summed E-state index contributed by atoms with van der Waals surface area (Å²) in [5.41, 5.74) is -5.33. The molecule has 148 valence electrons. The molecule has 0 saturated carbocycles. The molecule has 1 aromatic heterocycles. The van der Waals surface area contributed by atoms with Gasteiger partial charge in [0.2, 0.25) is 0 Å². The van der Waals surface area contributed by atoms with Gasteiger partial charge in [-0.25, -0.2) is 9.18 Å². The number of rotatable bonds is 9. The second-order valence-corrected chi connectivity index (χ2v) is 8.37. The average molecular weight is 422 g/mol. The van der Waals surface area contributed by atoms with Crippen LogP contribution in [0.1, 0.15) is 29.1 Å². The number of thiophene rings is 1. The van der Waals surface area contributed by atoms with Gasteiger partial charge >= 0.3 is 19.2 Å². The summed E-state index contributed by atoms with van der Waals surface area (Å²) in [6.45, 7) is 5.53. The Morgan fingerprint density at radius 2 is 1.93 bits per heavy atom. The van der Waals surface area contributed by atoms with E-state index in [9.17, 15) is 22.5 Å². The van der Waals surface area contributed by atoms with Crippen LogP contribution in [0.15, 0.2) is 30.9 Å². The monoisotopic (exact) mass is 422 g/mol. The minimum atomic E-state index is -4.95. The summed E-state index contributed by atoms with van der Waals surface area (Å²) < 4.78 is 71.5. The number of hydrogen-bond acceptors (Lipinski definition) is 6. The fourth-order valence-electron chi connectivity index (χ4n) is 2.30. The highest BCUT2D eigenvalue weighted by molar-refractivity contribution is 7.54. The van der Waals surface area contributed by atoms with Gasteiger partial charge in [0.25, 0.3) is 0 Å². The van der Waals surface area contributed by atoms with Gasteiger partial charge in [-0.1, -0.05) is 12.7 Å². The maximum atomic E-state index is 14.8. The van der Waals surface area contributed by atoms with Gasteiger partial charge in [-0.15, -0.1) is 11.3 Å². The summed E-state index contributed by atoms with van der Waals surface area (Å²) in [7, 11) is -4.95. The number of hydrogen-bond donors (Lipinski definition) is 0. The van der Waals surface area contributed by atoms with Gasteiger partial charge in [0, 0.05) is 10.1 Å². The fourth-order valence-corrected chi connectivity index (χ4v) is 4.80. The Morgan fingerprint density at radius 3 is 2.48 bits per heavy atom. The molecule has 5 nitrogen and oxygen atoms in total. The molecule has 0 bridgehead atoms. The zero-order chi connectivity index (χ0) is 20.2. The Bertz CT molecular complexity index is 886. The standard InChI is InChI=1S/C17H18F3O5PS/c1-4-9-23-16(21)14-10-11-13(27-14)8-7-12(15(11)18)17(19,20)26(22,24-5-2)25-6-3/h4,7-8,10H,1,5-6,9H2,2-3H3. The lowest BCUT2D eigenvalue weighted by Gasteiger charge is -2.26. The number of alkyl halides is 2. The van der Waals surface area contributed by atoms with E-state index in [1.807, 2.05) is 0 Å². The Kier molecular flexibility index (Phi) is 6.86. The Labute approximate surface area is 158 Å². The quantitative estimate of drug-likeness (QED) is 0.295. The number of halogens is 3. The van der Waals surface area contributed by atoms with Crippen LogP contribution in [0, 0.1) is 5.82 Å². The van der Waals surface area contributed by atoms with Crippen molar-refractivity contribution >= 4 is 35.0 Å². The predicted octanol–water partition coefficient (Wildman–Crippen LogP) is 5.70. The first-order chi connectivity index (χ1) is 12.7. The molecule has 27 heavy (non-hydrogen) atoms. The molecule has 2 rings (SSSR count). The van der Waals surface area contributed by atoms with Crippen molar-refractivity contribution in [3.05, 3.63) is 47.1 Å². The van der Waals surface area contributed by atoms with E-state index in [0.29, 0.717) is 0 Å². The van der Waals surface area contributed by atoms with E-state index in [1.165, 1.54) is 26.0 Å². The molecule has 0 saturated heterocycles. The minimum Gasteiger partial charge on any atom is -0.457 e. The second kappa shape index (κ2) is 8.56. The van der Waals surface area contributed by atoms with Gasteiger partial charge < -0.3 is 13.8 Å². The van der Waals surface area contributed by atoms with Crippen LogP contribution in [0.5, 0.6) is 0 Å². The highest BCUT2D eigenvalue weighted by atomic mass is 32.1. The Balaban J connectivity index is 2.53. The summed E-state index contributed by atoms with van der Waals surface area (Å²) in [5, 5.41) is -0.206. The molecule has 0 atom stereocenters. The maximum absolute atomic E-state index is 14.8. The molecule has 0 radical (unpaired) electrons. The Hall–Kier alpha value is -1.67. The van der Waals surface area contributed by atoms with Crippen molar-refractivity contribution < 1.29 is 36.3 Å². The van der Waals surface area contributed by atoms with E-state index >= 15 is 0 Å². The highest BCUT2D eigenvalue weighted by Crippen LogP contribution is 2.67. The minimum absolute atomic E-state index is 0.0369. The van der Waals surface area contributed by atoms with Crippen LogP contribution in [-0.4, -0.2) is 25.8 Å². The van der Waals surface area contributed by atoms with Crippen LogP contribution in [0.25, 0.3) is 10.1 Å². The van der Waals surface area contributed by atoms with Crippen LogP contribution in [0.4, 0.5) is 13.2 Å². The van der Waals surface area contributed by atoms with Crippen LogP contribution in [-0.2, 0) is 24.0 Å². The van der Waals surface area contributed by atoms with E-state index < -0.39 is 30.6 Å². The van der Waals surface area contributed by atoms with Crippen LogP contribution < -0.4 is 0 Å². The van der Waals surface area contributed by atoms with Crippen molar-refractivity contribution in [3.8, 4) is 0 Å². The molecule has 0 N–H and O–H groups in total. The smallest absolute Gasteiger partial charge is 0.404 e. The van der Waals surface area contributed by atoms with Crippen molar-refractivity contribution in [1.82, 2.24) is 0 Å². The highest BCUT2D eigenvalue weighted by Gasteiger charge is 2.56. The SMILES string of the molecule is C=CCOC(=O)c1cc2c(F)c(C(F)(F)P(=O)(OCC)OCC)ccc2s1. The van der Waals surface area contributed by atoms with E-state index in [2.05, 4.69) is 15.6 Å². The van der Waals surface area contributed by atoms with E-state index in [4.69, 9.17) is 4.74 Å². The van der Waals surface area contributed by atoms with Crippen molar-refractivity contribution in [2.45, 2.75) is 19.5 Å². The van der Waals surface area contributed by atoms with E-state index in [-0.39, 0.29) is 34.8 Å². The third-order valence-electron chi connectivity index (χ3n) is 3.43. The number of esters is 1. The number of ether oxygens (including phenoxy) is 1. The summed E-state index contributed by atoms with van der Waals surface area (Å²) in [5.74, 6) is -2.02. The summed E-state index contributed by atoms with van der Waals surface area (Å²) in [6.07, 6.45) is 1.36. The largest absolute Gasteiger partial charge is 0.457 e. The number of carbonyl (C=O) groups excluding carboxylic acids is 1. The number of carbonyl (C=O) groups is 1. The van der Waals surface area contributed by atoms with Gasteiger partial charge in [0.15, 0.2) is 0 Å². The van der Waals surface area contributed by atoms with E-state index in [0.717, 1.165) is 23.5 Å². The molecule has 2 aromatic rings. The third-order valence-corrected chi connectivity index (χ3v) is 6.64.